The van der Waals surface area contributed by atoms with E-state index in [0.29, 0.717) is 0 Å². The van der Waals surface area contributed by atoms with Gasteiger partial charge in [0.2, 0.25) is 5.91 Å². The van der Waals surface area contributed by atoms with Crippen molar-refractivity contribution in [3.63, 3.8) is 0 Å². The predicted octanol–water partition coefficient (Wildman–Crippen LogP) is -1.41. The van der Waals surface area contributed by atoms with Crippen molar-refractivity contribution < 1.29 is 29.4 Å². The van der Waals surface area contributed by atoms with Crippen LogP contribution in [0.15, 0.2) is 0 Å². The van der Waals surface area contributed by atoms with E-state index < -0.39 is 29.5 Å². The summed E-state index contributed by atoms with van der Waals surface area (Å²) >= 11 is 0. The van der Waals surface area contributed by atoms with Crippen LogP contribution < -0.4 is 5.32 Å². The molecule has 0 bridgehead atoms. The van der Waals surface area contributed by atoms with E-state index in [0.717, 1.165) is 0 Å². The predicted molar refractivity (Wildman–Crippen MR) is 57.6 cm³/mol. The quantitative estimate of drug-likeness (QED) is 0.176. The average molecular weight is 255 g/mol. The third-order valence-corrected chi connectivity index (χ3v) is 2.83. The van der Waals surface area contributed by atoms with Crippen LogP contribution in [0, 0.1) is 5.92 Å². The fourth-order valence-electron chi connectivity index (χ4n) is 1.89. The summed E-state index contributed by atoms with van der Waals surface area (Å²) in [6.07, 6.45) is -0.823. The summed E-state index contributed by atoms with van der Waals surface area (Å²) in [4.78, 5) is 35.4. The van der Waals surface area contributed by atoms with Crippen molar-refractivity contribution in [2.45, 2.75) is 31.9 Å². The summed E-state index contributed by atoms with van der Waals surface area (Å²) in [6.45, 7) is 1.47. The SMILES string of the molecule is C[C@@H](O)[C@H]1C(=O)N[C@@H]1CCC(=O)C(=[N+]=[N-])C(=O)O. The molecule has 1 saturated heterocycles. The van der Waals surface area contributed by atoms with Crippen molar-refractivity contribution in [2.75, 3.05) is 0 Å². The number of nitrogens with one attached hydrogen (secondary N) is 1. The molecular weight excluding hydrogens is 242 g/mol. The molecule has 0 radical (unpaired) electrons. The number of amides is 1. The Kier molecular flexibility index (Phi) is 4.30. The molecule has 3 atom stereocenters. The lowest BCUT2D eigenvalue weighted by Crippen LogP contribution is -2.61. The van der Waals surface area contributed by atoms with Gasteiger partial charge in [0, 0.05) is 12.5 Å². The number of aliphatic hydroxyl groups excluding tert-OH is 1. The molecule has 1 rings (SSSR count). The summed E-state index contributed by atoms with van der Waals surface area (Å²) in [5.74, 6) is -3.31. The van der Waals surface area contributed by atoms with Crippen LogP contribution in [-0.4, -0.2) is 50.5 Å². The van der Waals surface area contributed by atoms with Crippen LogP contribution in [0.2, 0.25) is 0 Å². The lowest BCUT2D eigenvalue weighted by atomic mass is 9.83. The Morgan fingerprint density at radius 1 is 1.56 bits per heavy atom. The summed E-state index contributed by atoms with van der Waals surface area (Å²) in [7, 11) is 0. The van der Waals surface area contributed by atoms with E-state index in [2.05, 4.69) is 10.1 Å². The monoisotopic (exact) mass is 255 g/mol. The van der Waals surface area contributed by atoms with Gasteiger partial charge in [-0.1, -0.05) is 0 Å². The molecule has 1 heterocycles. The highest BCUT2D eigenvalue weighted by Crippen LogP contribution is 2.23. The summed E-state index contributed by atoms with van der Waals surface area (Å²) in [5, 5.41) is 20.4. The fourth-order valence-corrected chi connectivity index (χ4v) is 1.89. The molecule has 0 aromatic carbocycles. The van der Waals surface area contributed by atoms with Gasteiger partial charge in [0.1, 0.15) is 0 Å². The Balaban J connectivity index is 2.52. The first kappa shape index (κ1) is 14.0. The van der Waals surface area contributed by atoms with Gasteiger partial charge in [-0.3, -0.25) is 9.59 Å². The molecule has 0 aliphatic carbocycles. The number of carbonyl (C=O) groups is 3. The Morgan fingerprint density at radius 2 is 2.17 bits per heavy atom. The molecule has 0 unspecified atom stereocenters. The average Bonchev–Trinajstić information content (AvgIpc) is 2.22. The van der Waals surface area contributed by atoms with E-state index in [9.17, 15) is 19.5 Å². The van der Waals surface area contributed by atoms with Crippen LogP contribution in [0.4, 0.5) is 0 Å². The number of hydrogen-bond acceptors (Lipinski definition) is 4. The molecule has 8 nitrogen and oxygen atoms in total. The number of aliphatic hydroxyl groups is 1. The number of hydrogen-bond donors (Lipinski definition) is 3. The van der Waals surface area contributed by atoms with Crippen molar-refractivity contribution in [3.05, 3.63) is 5.53 Å². The van der Waals surface area contributed by atoms with Crippen LogP contribution in [-0.2, 0) is 14.4 Å². The molecule has 0 aromatic heterocycles. The maximum absolute atomic E-state index is 11.4. The van der Waals surface area contributed by atoms with Gasteiger partial charge in [-0.25, -0.2) is 4.79 Å². The highest BCUT2D eigenvalue weighted by Gasteiger charge is 2.42. The van der Waals surface area contributed by atoms with Crippen molar-refractivity contribution in [1.82, 2.24) is 5.32 Å². The number of Topliss-reactive ketones (excluding diaryl/α,β-unsaturated/α-hetero) is 1. The second-order valence-electron chi connectivity index (χ2n) is 4.10. The number of rotatable bonds is 6. The molecule has 98 valence electrons. The molecule has 1 aliphatic heterocycles. The minimum absolute atomic E-state index is 0.181. The third kappa shape index (κ3) is 2.79. The van der Waals surface area contributed by atoms with Gasteiger partial charge in [0.05, 0.1) is 12.0 Å². The minimum atomic E-state index is -1.60. The zero-order valence-electron chi connectivity index (χ0n) is 9.66. The van der Waals surface area contributed by atoms with Crippen LogP contribution in [0.5, 0.6) is 0 Å². The van der Waals surface area contributed by atoms with Crippen molar-refractivity contribution in [2.24, 2.45) is 5.92 Å². The largest absolute Gasteiger partial charge is 0.472 e. The number of nitrogens with zero attached hydrogens (tertiary/aromatic N) is 2. The molecule has 0 saturated carbocycles. The Bertz CT molecular complexity index is 439. The zero-order chi connectivity index (χ0) is 13.9. The van der Waals surface area contributed by atoms with Crippen LogP contribution in [0.25, 0.3) is 5.53 Å². The smallest absolute Gasteiger partial charge is 0.441 e. The zero-order valence-corrected chi connectivity index (χ0v) is 9.66. The lowest BCUT2D eigenvalue weighted by molar-refractivity contribution is -0.142. The van der Waals surface area contributed by atoms with Crippen molar-refractivity contribution in [1.29, 1.82) is 0 Å². The summed E-state index contributed by atoms with van der Waals surface area (Å²) < 4.78 is 0. The molecule has 3 N–H and O–H groups in total. The normalized spacial score (nSPS) is 23.3. The number of carbonyl (C=O) groups excluding carboxylic acids is 2. The highest BCUT2D eigenvalue weighted by molar-refractivity contribution is 6.61. The van der Waals surface area contributed by atoms with E-state index in [1.165, 1.54) is 6.92 Å². The maximum atomic E-state index is 11.4. The van der Waals surface area contributed by atoms with Gasteiger partial charge in [0.25, 0.3) is 5.78 Å². The molecule has 0 aromatic rings. The first-order valence-corrected chi connectivity index (χ1v) is 5.35. The molecule has 8 heteroatoms. The van der Waals surface area contributed by atoms with Crippen LogP contribution in [0.3, 0.4) is 0 Å². The van der Waals surface area contributed by atoms with Crippen LogP contribution >= 0.6 is 0 Å². The topological polar surface area (TPSA) is 140 Å². The van der Waals surface area contributed by atoms with Gasteiger partial charge < -0.3 is 21.1 Å². The summed E-state index contributed by atoms with van der Waals surface area (Å²) in [5.41, 5.74) is 7.43. The first-order chi connectivity index (χ1) is 8.38. The Hall–Kier alpha value is -2.05. The maximum Gasteiger partial charge on any atom is 0.441 e. The number of aliphatic carboxylic acids is 1. The molecule has 0 spiro atoms. The number of carboxylic acids is 1. The minimum Gasteiger partial charge on any atom is -0.472 e. The molecule has 1 amide bonds. The number of carboxylic acid groups (broad SMARTS) is 1. The van der Waals surface area contributed by atoms with E-state index in [-0.39, 0.29) is 24.8 Å². The second kappa shape index (κ2) is 5.52. The first-order valence-electron chi connectivity index (χ1n) is 5.35. The van der Waals surface area contributed by atoms with Crippen molar-refractivity contribution in [3.8, 4) is 0 Å². The number of β-lactam (4-membered cyclic amide) rings is 1. The van der Waals surface area contributed by atoms with Gasteiger partial charge in [-0.2, -0.15) is 4.79 Å². The van der Waals surface area contributed by atoms with Gasteiger partial charge in [-0.05, 0) is 13.3 Å². The molecule has 18 heavy (non-hydrogen) atoms. The Labute approximate surface area is 102 Å². The lowest BCUT2D eigenvalue weighted by Gasteiger charge is -2.38. The van der Waals surface area contributed by atoms with Crippen molar-refractivity contribution >= 4 is 23.4 Å². The van der Waals surface area contributed by atoms with Gasteiger partial charge in [0.15, 0.2) is 0 Å². The summed E-state index contributed by atoms with van der Waals surface area (Å²) in [6, 6.07) is -0.366. The molecule has 1 fully saturated rings. The number of ketones is 1. The molecule has 1 aliphatic rings. The fraction of sp³-hybridized carbons (Fsp3) is 0.600. The van der Waals surface area contributed by atoms with E-state index in [4.69, 9.17) is 10.6 Å². The third-order valence-electron chi connectivity index (χ3n) is 2.83. The van der Waals surface area contributed by atoms with E-state index >= 15 is 0 Å². The highest BCUT2D eigenvalue weighted by atomic mass is 16.4. The van der Waals surface area contributed by atoms with Crippen LogP contribution in [0.1, 0.15) is 19.8 Å². The second-order valence-corrected chi connectivity index (χ2v) is 4.10. The standard InChI is InChI=1S/C10H13N3O5/c1-4(14)7-5(12-9(7)16)2-3-6(15)8(13-11)10(17)18/h4-5,7,14H,2-3H2,1H3,(H,12,16)(H,17,18)/t4-,5-,7-/m1/s1. The van der Waals surface area contributed by atoms with E-state index in [1.807, 2.05) is 0 Å². The Morgan fingerprint density at radius 3 is 2.56 bits per heavy atom. The van der Waals surface area contributed by atoms with E-state index in [1.54, 1.807) is 0 Å². The van der Waals surface area contributed by atoms with Gasteiger partial charge in [-0.15, -0.1) is 0 Å². The molecular formula is C10H13N3O5. The van der Waals surface area contributed by atoms with Gasteiger partial charge >= 0.3 is 11.7 Å².